The molecular weight excluding hydrogens is 420 g/mol. The highest BCUT2D eigenvalue weighted by Gasteiger charge is 2.38. The van der Waals surface area contributed by atoms with Crippen molar-refractivity contribution in [3.63, 3.8) is 0 Å². The van der Waals surface area contributed by atoms with Gasteiger partial charge in [-0.15, -0.1) is 0 Å². The first-order valence-corrected chi connectivity index (χ1v) is 12.3. The van der Waals surface area contributed by atoms with E-state index in [0.717, 1.165) is 4.31 Å². The number of aryl methyl sites for hydroxylation is 2. The molecule has 29 heavy (non-hydrogen) atoms. The largest absolute Gasteiger partial charge is 0.469 e. The van der Waals surface area contributed by atoms with Crippen molar-refractivity contribution in [3.05, 3.63) is 23.3 Å². The first-order chi connectivity index (χ1) is 13.5. The fourth-order valence-corrected chi connectivity index (χ4v) is 7.27. The summed E-state index contributed by atoms with van der Waals surface area (Å²) in [6.45, 7) is 3.55. The van der Waals surface area contributed by atoms with Crippen LogP contribution in [-0.4, -0.2) is 59.0 Å². The van der Waals surface area contributed by atoms with Crippen LogP contribution in [0.25, 0.3) is 0 Å². The molecule has 0 unspecified atom stereocenters. The highest BCUT2D eigenvalue weighted by atomic mass is 32.2. The van der Waals surface area contributed by atoms with Gasteiger partial charge in [0.2, 0.25) is 26.0 Å². The van der Waals surface area contributed by atoms with Crippen LogP contribution in [0.1, 0.15) is 30.4 Å². The predicted octanol–water partition coefficient (Wildman–Crippen LogP) is 0.944. The molecule has 9 nitrogen and oxygen atoms in total. The molecule has 1 amide bonds. The van der Waals surface area contributed by atoms with Gasteiger partial charge < -0.3 is 4.74 Å². The van der Waals surface area contributed by atoms with E-state index in [1.165, 1.54) is 23.5 Å². The van der Waals surface area contributed by atoms with E-state index in [9.17, 15) is 26.4 Å². The summed E-state index contributed by atoms with van der Waals surface area (Å²) < 4.78 is 57.6. The molecule has 3 rings (SSSR count). The minimum atomic E-state index is -3.83. The Bertz CT molecular complexity index is 1030. The molecule has 0 saturated carbocycles. The number of carbonyl (C=O) groups is 2. The lowest BCUT2D eigenvalue weighted by Crippen LogP contribution is -2.41. The monoisotopic (exact) mass is 444 g/mol. The van der Waals surface area contributed by atoms with Crippen molar-refractivity contribution < 1.29 is 31.2 Å². The van der Waals surface area contributed by atoms with Gasteiger partial charge in [0.25, 0.3) is 0 Å². The fraction of sp³-hybridized carbons (Fsp3) is 0.556. The molecule has 0 aromatic heterocycles. The first-order valence-electron chi connectivity index (χ1n) is 9.24. The smallest absolute Gasteiger partial charge is 0.308 e. The molecule has 0 aliphatic carbocycles. The van der Waals surface area contributed by atoms with Gasteiger partial charge >= 0.3 is 5.97 Å². The van der Waals surface area contributed by atoms with Gasteiger partial charge in [0.05, 0.1) is 29.4 Å². The normalized spacial score (nSPS) is 20.8. The predicted molar refractivity (Wildman–Crippen MR) is 105 cm³/mol. The van der Waals surface area contributed by atoms with Gasteiger partial charge in [0.1, 0.15) is 0 Å². The van der Waals surface area contributed by atoms with Crippen LogP contribution >= 0.6 is 0 Å². The summed E-state index contributed by atoms with van der Waals surface area (Å²) in [4.78, 5) is 23.8. The van der Waals surface area contributed by atoms with Crippen molar-refractivity contribution in [1.82, 2.24) is 4.31 Å². The molecule has 2 heterocycles. The summed E-state index contributed by atoms with van der Waals surface area (Å²) in [5, 5.41) is 0. The average Bonchev–Trinajstić information content (AvgIpc) is 2.92. The number of nitrogens with zero attached hydrogens (tertiary/aromatic N) is 2. The lowest BCUT2D eigenvalue weighted by Gasteiger charge is -2.31. The number of ether oxygens (including phenoxy) is 1. The summed E-state index contributed by atoms with van der Waals surface area (Å²) in [5.41, 5.74) is 0.890. The van der Waals surface area contributed by atoms with Crippen LogP contribution in [0.4, 0.5) is 5.69 Å². The minimum absolute atomic E-state index is 0.0877. The van der Waals surface area contributed by atoms with Crippen molar-refractivity contribution in [2.45, 2.75) is 38.0 Å². The number of methoxy groups -OCH3 is 1. The van der Waals surface area contributed by atoms with Crippen LogP contribution in [0.2, 0.25) is 0 Å². The summed E-state index contributed by atoms with van der Waals surface area (Å²) >= 11 is 0. The van der Waals surface area contributed by atoms with E-state index in [-0.39, 0.29) is 47.7 Å². The van der Waals surface area contributed by atoms with Crippen molar-refractivity contribution in [3.8, 4) is 0 Å². The van der Waals surface area contributed by atoms with Gasteiger partial charge in [-0.1, -0.05) is 0 Å². The van der Waals surface area contributed by atoms with E-state index in [4.69, 9.17) is 4.74 Å². The second-order valence-electron chi connectivity index (χ2n) is 7.33. The van der Waals surface area contributed by atoms with Crippen LogP contribution in [0.5, 0.6) is 0 Å². The maximum atomic E-state index is 13.2. The van der Waals surface area contributed by atoms with Crippen molar-refractivity contribution >= 4 is 37.6 Å². The molecular formula is C18H24N2O7S2. The zero-order valence-corrected chi connectivity index (χ0v) is 18.2. The summed E-state index contributed by atoms with van der Waals surface area (Å²) in [6.07, 6.45) is 0.667. The van der Waals surface area contributed by atoms with Crippen molar-refractivity contribution in [2.75, 3.05) is 30.3 Å². The fourth-order valence-electron chi connectivity index (χ4n) is 3.95. The van der Waals surface area contributed by atoms with Gasteiger partial charge in [-0.25, -0.2) is 21.1 Å². The third-order valence-electron chi connectivity index (χ3n) is 5.34. The maximum absolute atomic E-state index is 13.2. The molecule has 0 atom stereocenters. The Hall–Kier alpha value is -1.98. The Morgan fingerprint density at radius 1 is 1.14 bits per heavy atom. The number of anilines is 1. The molecule has 2 aliphatic rings. The minimum Gasteiger partial charge on any atom is -0.469 e. The number of carbonyl (C=O) groups excluding carboxylic acids is 2. The van der Waals surface area contributed by atoms with Gasteiger partial charge in [-0.2, -0.15) is 4.31 Å². The lowest BCUT2D eigenvalue weighted by molar-refractivity contribution is -0.146. The number of rotatable bonds is 4. The zero-order chi connectivity index (χ0) is 21.6. The van der Waals surface area contributed by atoms with E-state index < -0.39 is 26.0 Å². The number of amides is 1. The quantitative estimate of drug-likeness (QED) is 0.634. The second kappa shape index (κ2) is 7.69. The summed E-state index contributed by atoms with van der Waals surface area (Å²) in [6, 6.07) is 2.84. The molecule has 0 bridgehead atoms. The Balaban J connectivity index is 1.91. The van der Waals surface area contributed by atoms with Crippen LogP contribution in [0.15, 0.2) is 17.0 Å². The third-order valence-corrected chi connectivity index (χ3v) is 9.24. The number of benzene rings is 1. The molecule has 2 fully saturated rings. The topological polar surface area (TPSA) is 118 Å². The summed E-state index contributed by atoms with van der Waals surface area (Å²) in [5.74, 6) is -1.43. The highest BCUT2D eigenvalue weighted by Crippen LogP contribution is 2.33. The molecule has 2 saturated heterocycles. The van der Waals surface area contributed by atoms with Crippen LogP contribution in [0, 0.1) is 19.8 Å². The van der Waals surface area contributed by atoms with E-state index in [2.05, 4.69) is 0 Å². The number of piperidine rings is 1. The molecule has 160 valence electrons. The van der Waals surface area contributed by atoms with Gasteiger partial charge in [-0.3, -0.25) is 9.59 Å². The van der Waals surface area contributed by atoms with Gasteiger partial charge in [0.15, 0.2) is 0 Å². The number of hydrogen-bond acceptors (Lipinski definition) is 7. The number of hydrogen-bond donors (Lipinski definition) is 0. The highest BCUT2D eigenvalue weighted by molar-refractivity contribution is 7.94. The molecule has 1 aromatic carbocycles. The van der Waals surface area contributed by atoms with E-state index in [0.29, 0.717) is 24.0 Å². The van der Waals surface area contributed by atoms with Gasteiger partial charge in [-0.05, 0) is 49.9 Å². The second-order valence-corrected chi connectivity index (χ2v) is 11.1. The Morgan fingerprint density at radius 3 is 2.14 bits per heavy atom. The van der Waals surface area contributed by atoms with E-state index in [1.54, 1.807) is 13.8 Å². The van der Waals surface area contributed by atoms with Crippen molar-refractivity contribution in [2.24, 2.45) is 5.92 Å². The Labute approximate surface area is 170 Å². The number of sulfonamides is 2. The average molecular weight is 445 g/mol. The zero-order valence-electron chi connectivity index (χ0n) is 16.5. The van der Waals surface area contributed by atoms with Crippen LogP contribution in [0.3, 0.4) is 0 Å². The third kappa shape index (κ3) is 3.90. The van der Waals surface area contributed by atoms with Gasteiger partial charge in [0, 0.05) is 19.5 Å². The van der Waals surface area contributed by atoms with Crippen LogP contribution < -0.4 is 4.31 Å². The lowest BCUT2D eigenvalue weighted by atomic mass is 9.99. The van der Waals surface area contributed by atoms with Crippen LogP contribution in [-0.2, 0) is 34.4 Å². The van der Waals surface area contributed by atoms with E-state index >= 15 is 0 Å². The molecule has 0 N–H and O–H groups in total. The molecule has 1 aromatic rings. The Kier molecular flexibility index (Phi) is 5.76. The molecule has 11 heteroatoms. The van der Waals surface area contributed by atoms with E-state index in [1.807, 2.05) is 0 Å². The van der Waals surface area contributed by atoms with Crippen molar-refractivity contribution in [1.29, 1.82) is 0 Å². The molecule has 0 radical (unpaired) electrons. The Morgan fingerprint density at radius 2 is 1.69 bits per heavy atom. The SMILES string of the molecule is COC(=O)C1CCN(S(=O)(=O)c2c(C)cc(N3C(=O)CCS3(=O)=O)cc2C)CC1. The first kappa shape index (κ1) is 21.7. The maximum Gasteiger partial charge on any atom is 0.308 e. The molecule has 2 aliphatic heterocycles. The molecule has 0 spiro atoms. The summed E-state index contributed by atoms with van der Waals surface area (Å²) in [7, 11) is -6.25. The number of esters is 1. The standard InChI is InChI=1S/C18H24N2O7S2/c1-12-10-15(20-16(21)6-9-28(20,23)24)11-13(2)17(12)29(25,26)19-7-4-14(5-8-19)18(22)27-3/h10-11,14H,4-9H2,1-3H3.